The number of likely N-dealkylation sites (tertiary alicyclic amines) is 1. The SMILES string of the molecule is CC1CCN(C(=O)c2ccccc2NS(=O)(=O)c2ccc(F)cc2)CC1. The molecule has 0 aromatic heterocycles. The molecule has 1 heterocycles. The lowest BCUT2D eigenvalue weighted by Crippen LogP contribution is -2.38. The molecule has 0 spiro atoms. The van der Waals surface area contributed by atoms with Crippen LogP contribution in [0.25, 0.3) is 0 Å². The van der Waals surface area contributed by atoms with Crippen molar-refractivity contribution in [3.63, 3.8) is 0 Å². The summed E-state index contributed by atoms with van der Waals surface area (Å²) in [5, 5.41) is 0. The minimum Gasteiger partial charge on any atom is -0.339 e. The molecular weight excluding hydrogens is 355 g/mol. The van der Waals surface area contributed by atoms with E-state index in [4.69, 9.17) is 0 Å². The van der Waals surface area contributed by atoms with Gasteiger partial charge in [-0.1, -0.05) is 19.1 Å². The summed E-state index contributed by atoms with van der Waals surface area (Å²) in [5.74, 6) is -0.112. The minimum absolute atomic E-state index is 0.0621. The second kappa shape index (κ2) is 7.45. The van der Waals surface area contributed by atoms with Gasteiger partial charge in [0.05, 0.1) is 16.1 Å². The highest BCUT2D eigenvalue weighted by Gasteiger charge is 2.24. The lowest BCUT2D eigenvalue weighted by molar-refractivity contribution is 0.0698. The molecule has 138 valence electrons. The predicted molar refractivity (Wildman–Crippen MR) is 98.0 cm³/mol. The Morgan fingerprint density at radius 2 is 1.69 bits per heavy atom. The summed E-state index contributed by atoms with van der Waals surface area (Å²) in [7, 11) is -3.91. The van der Waals surface area contributed by atoms with Gasteiger partial charge in [0, 0.05) is 13.1 Å². The smallest absolute Gasteiger partial charge is 0.261 e. The number of benzene rings is 2. The van der Waals surface area contributed by atoms with Crippen molar-refractivity contribution in [3.8, 4) is 0 Å². The van der Waals surface area contributed by atoms with Crippen LogP contribution in [0.15, 0.2) is 53.4 Å². The number of piperidine rings is 1. The molecule has 3 rings (SSSR count). The van der Waals surface area contributed by atoms with Crippen LogP contribution in [0.5, 0.6) is 0 Å². The van der Waals surface area contributed by atoms with E-state index < -0.39 is 15.8 Å². The van der Waals surface area contributed by atoms with Gasteiger partial charge in [-0.05, 0) is 55.2 Å². The number of rotatable bonds is 4. The number of nitrogens with one attached hydrogen (secondary N) is 1. The Labute approximate surface area is 152 Å². The third-order valence-electron chi connectivity index (χ3n) is 4.60. The monoisotopic (exact) mass is 376 g/mol. The third kappa shape index (κ3) is 4.04. The maximum absolute atomic E-state index is 13.0. The van der Waals surface area contributed by atoms with E-state index >= 15 is 0 Å². The highest BCUT2D eigenvalue weighted by molar-refractivity contribution is 7.92. The topological polar surface area (TPSA) is 66.5 Å². The molecule has 2 aromatic rings. The summed E-state index contributed by atoms with van der Waals surface area (Å²) < 4.78 is 40.6. The normalized spacial score (nSPS) is 15.7. The highest BCUT2D eigenvalue weighted by Crippen LogP contribution is 2.24. The molecule has 0 aliphatic carbocycles. The number of sulfonamides is 1. The fraction of sp³-hybridized carbons (Fsp3) is 0.316. The zero-order valence-corrected chi connectivity index (χ0v) is 15.3. The van der Waals surface area contributed by atoms with Gasteiger partial charge >= 0.3 is 0 Å². The van der Waals surface area contributed by atoms with Gasteiger partial charge in [0.25, 0.3) is 15.9 Å². The Morgan fingerprint density at radius 1 is 1.08 bits per heavy atom. The van der Waals surface area contributed by atoms with Crippen molar-refractivity contribution in [3.05, 3.63) is 59.9 Å². The van der Waals surface area contributed by atoms with Gasteiger partial charge in [-0.15, -0.1) is 0 Å². The quantitative estimate of drug-likeness (QED) is 0.888. The summed E-state index contributed by atoms with van der Waals surface area (Å²) in [6, 6.07) is 11.1. The molecule has 0 atom stereocenters. The van der Waals surface area contributed by atoms with Crippen molar-refractivity contribution in [2.24, 2.45) is 5.92 Å². The first-order valence-electron chi connectivity index (χ1n) is 8.53. The Morgan fingerprint density at radius 3 is 2.35 bits per heavy atom. The van der Waals surface area contributed by atoms with Crippen LogP contribution in [-0.2, 0) is 10.0 Å². The number of amides is 1. The molecule has 0 bridgehead atoms. The van der Waals surface area contributed by atoms with Gasteiger partial charge in [-0.2, -0.15) is 0 Å². The fourth-order valence-corrected chi connectivity index (χ4v) is 4.04. The van der Waals surface area contributed by atoms with Crippen molar-refractivity contribution >= 4 is 21.6 Å². The lowest BCUT2D eigenvalue weighted by Gasteiger charge is -2.30. The molecule has 0 unspecified atom stereocenters. The molecule has 1 aliphatic rings. The van der Waals surface area contributed by atoms with Crippen LogP contribution in [-0.4, -0.2) is 32.3 Å². The Hall–Kier alpha value is -2.41. The van der Waals surface area contributed by atoms with Crippen molar-refractivity contribution in [1.82, 2.24) is 4.90 Å². The highest BCUT2D eigenvalue weighted by atomic mass is 32.2. The molecule has 7 heteroatoms. The molecular formula is C19H21FN2O3S. The first kappa shape index (κ1) is 18.4. The van der Waals surface area contributed by atoms with Crippen molar-refractivity contribution < 1.29 is 17.6 Å². The fourth-order valence-electron chi connectivity index (χ4n) is 2.96. The van der Waals surface area contributed by atoms with Gasteiger partial charge < -0.3 is 4.90 Å². The van der Waals surface area contributed by atoms with Gasteiger partial charge in [0.1, 0.15) is 5.82 Å². The number of halogens is 1. The van der Waals surface area contributed by atoms with E-state index in [0.717, 1.165) is 25.0 Å². The maximum atomic E-state index is 13.0. The summed E-state index contributed by atoms with van der Waals surface area (Å²) in [5.41, 5.74) is 0.535. The van der Waals surface area contributed by atoms with Crippen LogP contribution in [0.1, 0.15) is 30.1 Å². The molecule has 26 heavy (non-hydrogen) atoms. The van der Waals surface area contributed by atoms with Crippen molar-refractivity contribution in [2.45, 2.75) is 24.7 Å². The number of hydrogen-bond acceptors (Lipinski definition) is 3. The predicted octanol–water partition coefficient (Wildman–Crippen LogP) is 3.50. The summed E-state index contributed by atoms with van der Waals surface area (Å²) >= 11 is 0. The van der Waals surface area contributed by atoms with Crippen LogP contribution in [0.3, 0.4) is 0 Å². The van der Waals surface area contributed by atoms with Crippen molar-refractivity contribution in [1.29, 1.82) is 0 Å². The second-order valence-electron chi connectivity index (χ2n) is 6.58. The van der Waals surface area contributed by atoms with Gasteiger partial charge in [0.15, 0.2) is 0 Å². The van der Waals surface area contributed by atoms with E-state index in [-0.39, 0.29) is 16.5 Å². The molecule has 1 fully saturated rings. The van der Waals surface area contributed by atoms with Crippen LogP contribution >= 0.6 is 0 Å². The Balaban J connectivity index is 1.85. The molecule has 1 N–H and O–H groups in total. The summed E-state index contributed by atoms with van der Waals surface area (Å²) in [6.45, 7) is 3.49. The molecule has 1 saturated heterocycles. The molecule has 0 radical (unpaired) electrons. The average Bonchev–Trinajstić information content (AvgIpc) is 2.62. The zero-order valence-electron chi connectivity index (χ0n) is 14.5. The maximum Gasteiger partial charge on any atom is 0.261 e. The summed E-state index contributed by atoms with van der Waals surface area (Å²) in [4.78, 5) is 14.5. The minimum atomic E-state index is -3.91. The van der Waals surface area contributed by atoms with E-state index in [1.807, 2.05) is 0 Å². The van der Waals surface area contributed by atoms with E-state index in [9.17, 15) is 17.6 Å². The Bertz CT molecular complexity index is 889. The standard InChI is InChI=1S/C19H21FN2O3S/c1-14-10-12-22(13-11-14)19(23)17-4-2-3-5-18(17)21-26(24,25)16-8-6-15(20)7-9-16/h2-9,14,21H,10-13H2,1H3. The Kier molecular flexibility index (Phi) is 5.27. The number of nitrogens with zero attached hydrogens (tertiary/aromatic N) is 1. The molecule has 2 aromatic carbocycles. The molecule has 1 aliphatic heterocycles. The van der Waals surface area contributed by atoms with Crippen LogP contribution < -0.4 is 4.72 Å². The van der Waals surface area contributed by atoms with Crippen LogP contribution in [0.4, 0.5) is 10.1 Å². The average molecular weight is 376 g/mol. The van der Waals surface area contributed by atoms with E-state index in [1.165, 1.54) is 12.1 Å². The lowest BCUT2D eigenvalue weighted by atomic mass is 9.98. The first-order chi connectivity index (χ1) is 12.4. The second-order valence-corrected chi connectivity index (χ2v) is 8.26. The van der Waals surface area contributed by atoms with E-state index in [0.29, 0.717) is 24.6 Å². The van der Waals surface area contributed by atoms with Gasteiger partial charge in [0.2, 0.25) is 0 Å². The zero-order chi connectivity index (χ0) is 18.7. The van der Waals surface area contributed by atoms with Crippen LogP contribution in [0, 0.1) is 11.7 Å². The van der Waals surface area contributed by atoms with Crippen molar-refractivity contribution in [2.75, 3.05) is 17.8 Å². The number of para-hydroxylation sites is 1. The van der Waals surface area contributed by atoms with Gasteiger partial charge in [-0.3, -0.25) is 9.52 Å². The molecule has 5 nitrogen and oxygen atoms in total. The molecule has 1 amide bonds. The first-order valence-corrected chi connectivity index (χ1v) is 10.0. The van der Waals surface area contributed by atoms with Gasteiger partial charge in [-0.25, -0.2) is 12.8 Å². The number of anilines is 1. The largest absolute Gasteiger partial charge is 0.339 e. The third-order valence-corrected chi connectivity index (χ3v) is 5.98. The van der Waals surface area contributed by atoms with E-state index in [1.54, 1.807) is 29.2 Å². The number of carbonyl (C=O) groups excluding carboxylic acids is 1. The number of carbonyl (C=O) groups is 1. The summed E-state index contributed by atoms with van der Waals surface area (Å²) in [6.07, 6.45) is 1.88. The number of hydrogen-bond donors (Lipinski definition) is 1. The molecule has 0 saturated carbocycles. The van der Waals surface area contributed by atoms with E-state index in [2.05, 4.69) is 11.6 Å². The van der Waals surface area contributed by atoms with Crippen LogP contribution in [0.2, 0.25) is 0 Å².